The highest BCUT2D eigenvalue weighted by Gasteiger charge is 2.08. The van der Waals surface area contributed by atoms with E-state index >= 15 is 0 Å². The van der Waals surface area contributed by atoms with Crippen LogP contribution in [0, 0.1) is 0 Å². The molecule has 0 atom stereocenters. The molecule has 0 radical (unpaired) electrons. The van der Waals surface area contributed by atoms with E-state index in [0.29, 0.717) is 0 Å². The van der Waals surface area contributed by atoms with Crippen LogP contribution >= 0.6 is 0 Å². The summed E-state index contributed by atoms with van der Waals surface area (Å²) in [5, 5.41) is 8.14. The van der Waals surface area contributed by atoms with Crippen molar-refractivity contribution in [3.8, 4) is 11.4 Å². The average Bonchev–Trinajstić information content (AvgIpc) is 2.76. The van der Waals surface area contributed by atoms with Crippen LogP contribution in [-0.4, -0.2) is 14.8 Å². The Morgan fingerprint density at radius 3 is 2.73 bits per heavy atom. The monoisotopic (exact) mass is 201 g/mol. The van der Waals surface area contributed by atoms with Crippen molar-refractivity contribution in [3.05, 3.63) is 36.2 Å². The Kier molecular flexibility index (Phi) is 2.81. The number of aromatic nitrogens is 3. The van der Waals surface area contributed by atoms with Gasteiger partial charge in [0.05, 0.1) is 0 Å². The fourth-order valence-electron chi connectivity index (χ4n) is 1.74. The number of nitrogens with zero attached hydrogens (tertiary/aromatic N) is 3. The molecule has 2 rings (SSSR count). The van der Waals surface area contributed by atoms with Gasteiger partial charge in [0.15, 0.2) is 5.82 Å². The van der Waals surface area contributed by atoms with Crippen molar-refractivity contribution in [1.29, 1.82) is 0 Å². The van der Waals surface area contributed by atoms with Gasteiger partial charge in [-0.25, -0.2) is 0 Å². The fraction of sp³-hybridized carbons (Fsp3) is 0.333. The summed E-state index contributed by atoms with van der Waals surface area (Å²) in [6.45, 7) is 5.16. The number of aryl methyl sites for hydroxylation is 2. The van der Waals surface area contributed by atoms with Gasteiger partial charge in [0, 0.05) is 12.1 Å². The van der Waals surface area contributed by atoms with Crippen LogP contribution in [0.3, 0.4) is 0 Å². The first-order valence-electron chi connectivity index (χ1n) is 5.32. The molecule has 0 N–H and O–H groups in total. The largest absolute Gasteiger partial charge is 0.314 e. The van der Waals surface area contributed by atoms with Gasteiger partial charge in [0.2, 0.25) is 0 Å². The molecule has 0 saturated heterocycles. The van der Waals surface area contributed by atoms with Gasteiger partial charge in [-0.05, 0) is 18.9 Å². The van der Waals surface area contributed by atoms with E-state index in [2.05, 4.69) is 46.8 Å². The smallest absolute Gasteiger partial charge is 0.164 e. The predicted octanol–water partition coefficient (Wildman–Crippen LogP) is 2.53. The lowest BCUT2D eigenvalue weighted by Gasteiger charge is -2.07. The van der Waals surface area contributed by atoms with Gasteiger partial charge in [-0.1, -0.05) is 31.2 Å². The predicted molar refractivity (Wildman–Crippen MR) is 60.5 cm³/mol. The molecule has 0 bridgehead atoms. The van der Waals surface area contributed by atoms with E-state index < -0.39 is 0 Å². The molecule has 2 aromatic rings. The van der Waals surface area contributed by atoms with E-state index in [1.54, 1.807) is 6.33 Å². The second-order valence-electron chi connectivity index (χ2n) is 3.45. The third-order valence-electron chi connectivity index (χ3n) is 2.60. The number of benzene rings is 1. The van der Waals surface area contributed by atoms with Crippen LogP contribution < -0.4 is 0 Å². The maximum absolute atomic E-state index is 4.18. The van der Waals surface area contributed by atoms with Crippen LogP contribution in [0.1, 0.15) is 19.4 Å². The van der Waals surface area contributed by atoms with E-state index in [4.69, 9.17) is 0 Å². The minimum atomic E-state index is 0.903. The molecular formula is C12H15N3. The first kappa shape index (κ1) is 9.90. The topological polar surface area (TPSA) is 30.7 Å². The minimum absolute atomic E-state index is 0.903. The molecule has 0 saturated carbocycles. The zero-order valence-corrected chi connectivity index (χ0v) is 9.14. The molecule has 3 heteroatoms. The maximum atomic E-state index is 4.18. The van der Waals surface area contributed by atoms with Crippen molar-refractivity contribution in [2.75, 3.05) is 0 Å². The Morgan fingerprint density at radius 2 is 2.00 bits per heavy atom. The molecule has 3 nitrogen and oxygen atoms in total. The third-order valence-corrected chi connectivity index (χ3v) is 2.60. The van der Waals surface area contributed by atoms with Crippen molar-refractivity contribution < 1.29 is 0 Å². The lowest BCUT2D eigenvalue weighted by atomic mass is 10.0. The molecule has 0 aliphatic carbocycles. The molecule has 0 unspecified atom stereocenters. The second-order valence-corrected chi connectivity index (χ2v) is 3.45. The van der Waals surface area contributed by atoms with Crippen molar-refractivity contribution >= 4 is 0 Å². The molecular weight excluding hydrogens is 186 g/mol. The van der Waals surface area contributed by atoms with E-state index in [0.717, 1.165) is 18.8 Å². The highest BCUT2D eigenvalue weighted by atomic mass is 15.3. The zero-order valence-electron chi connectivity index (χ0n) is 9.14. The van der Waals surface area contributed by atoms with E-state index in [1.807, 2.05) is 6.07 Å². The normalized spacial score (nSPS) is 10.5. The van der Waals surface area contributed by atoms with Crippen molar-refractivity contribution in [1.82, 2.24) is 14.8 Å². The Labute approximate surface area is 89.8 Å². The molecule has 0 spiro atoms. The average molecular weight is 201 g/mol. The zero-order chi connectivity index (χ0) is 10.7. The van der Waals surface area contributed by atoms with Crippen LogP contribution in [0.4, 0.5) is 0 Å². The minimum Gasteiger partial charge on any atom is -0.314 e. The molecule has 0 aliphatic rings. The van der Waals surface area contributed by atoms with Crippen molar-refractivity contribution in [2.45, 2.75) is 26.8 Å². The molecule has 1 aromatic carbocycles. The molecule has 0 fully saturated rings. The number of rotatable bonds is 3. The fourth-order valence-corrected chi connectivity index (χ4v) is 1.74. The lowest BCUT2D eigenvalue weighted by Crippen LogP contribution is -1.98. The van der Waals surface area contributed by atoms with Crippen LogP contribution in [0.2, 0.25) is 0 Å². The SMILES string of the molecule is CCc1ccccc1-c1nncn1CC. The summed E-state index contributed by atoms with van der Waals surface area (Å²) in [6.07, 6.45) is 2.80. The summed E-state index contributed by atoms with van der Waals surface area (Å²) in [7, 11) is 0. The van der Waals surface area contributed by atoms with Gasteiger partial charge < -0.3 is 4.57 Å². The molecule has 15 heavy (non-hydrogen) atoms. The van der Waals surface area contributed by atoms with Crippen LogP contribution in [-0.2, 0) is 13.0 Å². The summed E-state index contributed by atoms with van der Waals surface area (Å²) in [5.41, 5.74) is 2.51. The molecule has 1 aromatic heterocycles. The summed E-state index contributed by atoms with van der Waals surface area (Å²) in [6, 6.07) is 8.36. The first-order valence-corrected chi connectivity index (χ1v) is 5.32. The van der Waals surface area contributed by atoms with Crippen molar-refractivity contribution in [3.63, 3.8) is 0 Å². The summed E-state index contributed by atoms with van der Waals surface area (Å²) in [4.78, 5) is 0. The second kappa shape index (κ2) is 4.26. The molecule has 78 valence electrons. The van der Waals surface area contributed by atoms with Gasteiger partial charge in [-0.2, -0.15) is 0 Å². The Morgan fingerprint density at radius 1 is 1.20 bits per heavy atom. The first-order chi connectivity index (χ1) is 7.36. The van der Waals surface area contributed by atoms with E-state index in [1.165, 1.54) is 11.1 Å². The van der Waals surface area contributed by atoms with Gasteiger partial charge in [-0.3, -0.25) is 0 Å². The quantitative estimate of drug-likeness (QED) is 0.764. The van der Waals surface area contributed by atoms with Gasteiger partial charge in [0.25, 0.3) is 0 Å². The summed E-state index contributed by atoms with van der Waals surface area (Å²) < 4.78 is 2.06. The lowest BCUT2D eigenvalue weighted by molar-refractivity contribution is 0.766. The summed E-state index contributed by atoms with van der Waals surface area (Å²) >= 11 is 0. The van der Waals surface area contributed by atoms with Gasteiger partial charge >= 0.3 is 0 Å². The van der Waals surface area contributed by atoms with Crippen molar-refractivity contribution in [2.24, 2.45) is 0 Å². The third kappa shape index (κ3) is 1.77. The Balaban J connectivity index is 2.53. The number of hydrogen-bond acceptors (Lipinski definition) is 2. The molecule has 0 amide bonds. The van der Waals surface area contributed by atoms with Crippen LogP contribution in [0.25, 0.3) is 11.4 Å². The van der Waals surface area contributed by atoms with Crippen LogP contribution in [0.5, 0.6) is 0 Å². The van der Waals surface area contributed by atoms with Gasteiger partial charge in [0.1, 0.15) is 6.33 Å². The van der Waals surface area contributed by atoms with E-state index in [-0.39, 0.29) is 0 Å². The molecule has 1 heterocycles. The Bertz CT molecular complexity index is 446. The van der Waals surface area contributed by atoms with Gasteiger partial charge in [-0.15, -0.1) is 10.2 Å². The Hall–Kier alpha value is -1.64. The standard InChI is InChI=1S/C12H15N3/c1-3-10-7-5-6-8-11(10)12-14-13-9-15(12)4-2/h5-9H,3-4H2,1-2H3. The number of hydrogen-bond donors (Lipinski definition) is 0. The maximum Gasteiger partial charge on any atom is 0.164 e. The highest BCUT2D eigenvalue weighted by molar-refractivity contribution is 5.60. The summed E-state index contributed by atoms with van der Waals surface area (Å²) in [5.74, 6) is 0.968. The van der Waals surface area contributed by atoms with Crippen LogP contribution in [0.15, 0.2) is 30.6 Å². The van der Waals surface area contributed by atoms with E-state index in [9.17, 15) is 0 Å². The highest BCUT2D eigenvalue weighted by Crippen LogP contribution is 2.21. The molecule has 0 aliphatic heterocycles.